The van der Waals surface area contributed by atoms with E-state index in [-0.39, 0.29) is 11.4 Å². The molecule has 1 amide bonds. The van der Waals surface area contributed by atoms with Gasteiger partial charge in [0.15, 0.2) is 5.69 Å². The third-order valence-electron chi connectivity index (χ3n) is 3.11. The highest BCUT2D eigenvalue weighted by molar-refractivity contribution is 5.96. The molecule has 1 aromatic heterocycles. The minimum absolute atomic E-state index is 0.0122. The third kappa shape index (κ3) is 2.38. The SMILES string of the molecule is NC(=O)c1n[nH]nc1-c1ccc(-c2ccccc2)c(F)c1. The second-order valence-corrected chi connectivity index (χ2v) is 4.45. The fourth-order valence-corrected chi connectivity index (χ4v) is 2.12. The van der Waals surface area contributed by atoms with Gasteiger partial charge in [0.25, 0.3) is 5.91 Å². The minimum Gasteiger partial charge on any atom is -0.364 e. The normalized spacial score (nSPS) is 10.5. The molecule has 3 rings (SSSR count). The van der Waals surface area contributed by atoms with Gasteiger partial charge in [-0.1, -0.05) is 42.5 Å². The van der Waals surface area contributed by atoms with Gasteiger partial charge in [0.05, 0.1) is 0 Å². The van der Waals surface area contributed by atoms with E-state index in [2.05, 4.69) is 15.4 Å². The highest BCUT2D eigenvalue weighted by atomic mass is 19.1. The van der Waals surface area contributed by atoms with Gasteiger partial charge in [-0.25, -0.2) is 4.39 Å². The molecule has 0 aliphatic heterocycles. The van der Waals surface area contributed by atoms with Crippen LogP contribution in [0.1, 0.15) is 10.5 Å². The van der Waals surface area contributed by atoms with Gasteiger partial charge in [-0.3, -0.25) is 4.79 Å². The van der Waals surface area contributed by atoms with E-state index in [1.165, 1.54) is 6.07 Å². The van der Waals surface area contributed by atoms with Gasteiger partial charge < -0.3 is 5.73 Å². The van der Waals surface area contributed by atoms with Crippen LogP contribution in [-0.4, -0.2) is 21.3 Å². The standard InChI is InChI=1S/C15H11FN4O/c16-12-8-10(13-14(15(17)21)19-20-18-13)6-7-11(12)9-4-2-1-3-5-9/h1-8H,(H2,17,21)(H,18,19,20). The van der Waals surface area contributed by atoms with Gasteiger partial charge >= 0.3 is 0 Å². The second kappa shape index (κ2) is 5.16. The number of benzene rings is 2. The van der Waals surface area contributed by atoms with Crippen LogP contribution in [0.3, 0.4) is 0 Å². The van der Waals surface area contributed by atoms with E-state index in [0.717, 1.165) is 5.56 Å². The maximum Gasteiger partial charge on any atom is 0.271 e. The lowest BCUT2D eigenvalue weighted by atomic mass is 10.0. The Labute approximate surface area is 119 Å². The number of nitrogens with zero attached hydrogens (tertiary/aromatic N) is 2. The number of nitrogens with one attached hydrogen (secondary N) is 1. The molecule has 0 fully saturated rings. The van der Waals surface area contributed by atoms with Crippen LogP contribution in [0.5, 0.6) is 0 Å². The Morgan fingerprint density at radius 1 is 1.05 bits per heavy atom. The third-order valence-corrected chi connectivity index (χ3v) is 3.11. The van der Waals surface area contributed by atoms with Crippen molar-refractivity contribution in [2.45, 2.75) is 0 Å². The molecule has 0 aliphatic carbocycles. The number of hydrogen-bond donors (Lipinski definition) is 2. The first-order chi connectivity index (χ1) is 10.2. The molecule has 0 saturated carbocycles. The lowest BCUT2D eigenvalue weighted by Gasteiger charge is -2.05. The van der Waals surface area contributed by atoms with Crippen molar-refractivity contribution in [3.63, 3.8) is 0 Å². The lowest BCUT2D eigenvalue weighted by molar-refractivity contribution is 0.0996. The number of amides is 1. The Kier molecular flexibility index (Phi) is 3.19. The van der Waals surface area contributed by atoms with Crippen LogP contribution >= 0.6 is 0 Å². The highest BCUT2D eigenvalue weighted by Crippen LogP contribution is 2.27. The zero-order chi connectivity index (χ0) is 14.8. The minimum atomic E-state index is -0.716. The van der Waals surface area contributed by atoms with Gasteiger partial charge in [-0.05, 0) is 11.6 Å². The first-order valence-electron chi connectivity index (χ1n) is 6.22. The van der Waals surface area contributed by atoms with Crippen molar-refractivity contribution in [2.24, 2.45) is 5.73 Å². The van der Waals surface area contributed by atoms with Crippen molar-refractivity contribution >= 4 is 5.91 Å². The van der Waals surface area contributed by atoms with E-state index in [0.29, 0.717) is 11.1 Å². The van der Waals surface area contributed by atoms with Crippen LogP contribution in [0.4, 0.5) is 4.39 Å². The molecule has 0 spiro atoms. The molecule has 0 bridgehead atoms. The molecule has 0 radical (unpaired) electrons. The van der Waals surface area contributed by atoms with Crippen molar-refractivity contribution in [2.75, 3.05) is 0 Å². The number of halogens is 1. The molecule has 1 heterocycles. The van der Waals surface area contributed by atoms with E-state index < -0.39 is 11.7 Å². The van der Waals surface area contributed by atoms with Crippen molar-refractivity contribution in [1.29, 1.82) is 0 Å². The smallest absolute Gasteiger partial charge is 0.271 e. The highest BCUT2D eigenvalue weighted by Gasteiger charge is 2.16. The molecule has 5 nitrogen and oxygen atoms in total. The molecule has 21 heavy (non-hydrogen) atoms. The molecule has 2 aromatic carbocycles. The largest absolute Gasteiger partial charge is 0.364 e. The zero-order valence-electron chi connectivity index (χ0n) is 10.9. The van der Waals surface area contributed by atoms with Gasteiger partial charge in [0.1, 0.15) is 11.5 Å². The molecular formula is C15H11FN4O. The van der Waals surface area contributed by atoms with E-state index >= 15 is 0 Å². The summed E-state index contributed by atoms with van der Waals surface area (Å²) in [5, 5.41) is 9.84. The Morgan fingerprint density at radius 3 is 2.48 bits per heavy atom. The maximum atomic E-state index is 14.3. The Morgan fingerprint density at radius 2 is 1.81 bits per heavy atom. The number of aromatic amines is 1. The quantitative estimate of drug-likeness (QED) is 0.773. The molecule has 0 aliphatic rings. The lowest BCUT2D eigenvalue weighted by Crippen LogP contribution is -2.12. The number of carbonyl (C=O) groups excluding carboxylic acids is 1. The molecule has 104 valence electrons. The van der Waals surface area contributed by atoms with Crippen LogP contribution < -0.4 is 5.73 Å². The van der Waals surface area contributed by atoms with Crippen molar-refractivity contribution in [3.05, 3.63) is 60.0 Å². The molecule has 3 aromatic rings. The van der Waals surface area contributed by atoms with Gasteiger partial charge in [0.2, 0.25) is 0 Å². The summed E-state index contributed by atoms with van der Waals surface area (Å²) in [6, 6.07) is 13.8. The van der Waals surface area contributed by atoms with Gasteiger partial charge in [-0.2, -0.15) is 15.4 Å². The van der Waals surface area contributed by atoms with E-state index in [9.17, 15) is 9.18 Å². The van der Waals surface area contributed by atoms with Gasteiger partial charge in [0, 0.05) is 11.1 Å². The average Bonchev–Trinajstić information content (AvgIpc) is 2.97. The molecule has 3 N–H and O–H groups in total. The summed E-state index contributed by atoms with van der Waals surface area (Å²) >= 11 is 0. The van der Waals surface area contributed by atoms with Gasteiger partial charge in [-0.15, -0.1) is 0 Å². The van der Waals surface area contributed by atoms with Crippen molar-refractivity contribution < 1.29 is 9.18 Å². The predicted octanol–water partition coefficient (Wildman–Crippen LogP) is 2.38. The Balaban J connectivity index is 2.06. The molecular weight excluding hydrogens is 271 g/mol. The summed E-state index contributed by atoms with van der Waals surface area (Å²) < 4.78 is 14.3. The molecule has 0 saturated heterocycles. The number of nitrogens with two attached hydrogens (primary N) is 1. The molecule has 0 atom stereocenters. The molecule has 0 unspecified atom stereocenters. The summed E-state index contributed by atoms with van der Waals surface area (Å²) in [4.78, 5) is 11.2. The van der Waals surface area contributed by atoms with E-state index in [4.69, 9.17) is 5.73 Å². The summed E-state index contributed by atoms with van der Waals surface area (Å²) in [5.74, 6) is -1.12. The number of rotatable bonds is 3. The first kappa shape index (κ1) is 13.0. The summed E-state index contributed by atoms with van der Waals surface area (Å²) in [5.41, 5.74) is 7.11. The Hall–Kier alpha value is -3.02. The monoisotopic (exact) mass is 282 g/mol. The van der Waals surface area contributed by atoms with Crippen LogP contribution in [0.2, 0.25) is 0 Å². The second-order valence-electron chi connectivity index (χ2n) is 4.45. The number of carbonyl (C=O) groups is 1. The summed E-state index contributed by atoms with van der Waals surface area (Å²) in [6.45, 7) is 0. The van der Waals surface area contributed by atoms with Crippen LogP contribution in [0.25, 0.3) is 22.4 Å². The predicted molar refractivity (Wildman–Crippen MR) is 75.7 cm³/mol. The number of H-pyrrole nitrogens is 1. The van der Waals surface area contributed by atoms with Crippen molar-refractivity contribution in [3.8, 4) is 22.4 Å². The first-order valence-corrected chi connectivity index (χ1v) is 6.22. The number of hydrogen-bond acceptors (Lipinski definition) is 3. The number of aromatic nitrogens is 3. The Bertz CT molecular complexity index is 798. The molecule has 6 heteroatoms. The summed E-state index contributed by atoms with van der Waals surface area (Å²) in [7, 11) is 0. The van der Waals surface area contributed by atoms with Crippen LogP contribution in [-0.2, 0) is 0 Å². The fourth-order valence-electron chi connectivity index (χ4n) is 2.12. The fraction of sp³-hybridized carbons (Fsp3) is 0. The summed E-state index contributed by atoms with van der Waals surface area (Å²) in [6.07, 6.45) is 0. The van der Waals surface area contributed by atoms with Crippen LogP contribution in [0.15, 0.2) is 48.5 Å². The maximum absolute atomic E-state index is 14.3. The zero-order valence-corrected chi connectivity index (χ0v) is 10.9. The van der Waals surface area contributed by atoms with Crippen molar-refractivity contribution in [1.82, 2.24) is 15.4 Å². The number of primary amides is 1. The topological polar surface area (TPSA) is 84.7 Å². The average molecular weight is 282 g/mol. The van der Waals surface area contributed by atoms with Crippen LogP contribution in [0, 0.1) is 5.82 Å². The van der Waals surface area contributed by atoms with E-state index in [1.807, 2.05) is 30.3 Å². The van der Waals surface area contributed by atoms with E-state index in [1.54, 1.807) is 12.1 Å².